The minimum atomic E-state index is -0.935. The summed E-state index contributed by atoms with van der Waals surface area (Å²) in [7, 11) is 3.20. The zero-order chi connectivity index (χ0) is 22.9. The van der Waals surface area contributed by atoms with Gasteiger partial charge in [-0.25, -0.2) is 4.79 Å². The van der Waals surface area contributed by atoms with Crippen molar-refractivity contribution in [3.63, 3.8) is 0 Å². The van der Waals surface area contributed by atoms with Crippen molar-refractivity contribution in [2.24, 2.45) is 7.05 Å². The summed E-state index contributed by atoms with van der Waals surface area (Å²) in [5.74, 6) is 0.443. The van der Waals surface area contributed by atoms with Gasteiger partial charge in [-0.3, -0.25) is 9.67 Å². The normalized spacial score (nSPS) is 14.4. The summed E-state index contributed by atoms with van der Waals surface area (Å²) in [5, 5.41) is 4.81. The van der Waals surface area contributed by atoms with Crippen LogP contribution in [0.25, 0.3) is 22.4 Å². The van der Waals surface area contributed by atoms with Crippen molar-refractivity contribution < 1.29 is 19.0 Å². The molecule has 1 aliphatic rings. The van der Waals surface area contributed by atoms with Gasteiger partial charge in [-0.1, -0.05) is 6.07 Å². The second kappa shape index (κ2) is 8.74. The van der Waals surface area contributed by atoms with Gasteiger partial charge < -0.3 is 14.2 Å². The first-order valence-electron chi connectivity index (χ1n) is 10.8. The number of aryl methyl sites for hydroxylation is 2. The van der Waals surface area contributed by atoms with E-state index < -0.39 is 17.7 Å². The number of hydrogen-bond acceptors (Lipinski definition) is 6. The number of carbonyl (C=O) groups excluding carboxylic acids is 1. The van der Waals surface area contributed by atoms with Crippen LogP contribution in [0.15, 0.2) is 42.7 Å². The molecule has 1 atom stereocenters. The standard InChI is InChI=1S/C25H29N3O4/c1-25(2,3)32-23(24(29)30-5)22-20(18-8-9-19-17(15-18)7-6-14-31-19)21(27-28(22)4)16-10-12-26-13-11-16/h8-13,15,23H,6-7,14H2,1-5H3. The fourth-order valence-corrected chi connectivity index (χ4v) is 4.03. The maximum absolute atomic E-state index is 12.9. The molecule has 0 aliphatic carbocycles. The van der Waals surface area contributed by atoms with Crippen LogP contribution in [-0.4, -0.2) is 40.1 Å². The minimum Gasteiger partial charge on any atom is -0.493 e. The highest BCUT2D eigenvalue weighted by atomic mass is 16.6. The number of ether oxygens (including phenoxy) is 3. The van der Waals surface area contributed by atoms with Gasteiger partial charge in [0, 0.05) is 30.6 Å². The first-order valence-corrected chi connectivity index (χ1v) is 10.8. The van der Waals surface area contributed by atoms with Crippen LogP contribution in [0.3, 0.4) is 0 Å². The molecule has 0 amide bonds. The van der Waals surface area contributed by atoms with Gasteiger partial charge in [-0.2, -0.15) is 5.10 Å². The first kappa shape index (κ1) is 22.0. The molecule has 4 rings (SSSR count). The van der Waals surface area contributed by atoms with E-state index in [2.05, 4.69) is 11.1 Å². The van der Waals surface area contributed by atoms with Gasteiger partial charge in [-0.05, 0) is 69.0 Å². The lowest BCUT2D eigenvalue weighted by Gasteiger charge is -2.27. The molecule has 1 aliphatic heterocycles. The van der Waals surface area contributed by atoms with Gasteiger partial charge in [0.1, 0.15) is 11.4 Å². The molecule has 2 aromatic heterocycles. The van der Waals surface area contributed by atoms with E-state index in [0.717, 1.165) is 53.1 Å². The molecule has 0 fully saturated rings. The number of aromatic nitrogens is 3. The Kier molecular flexibility index (Phi) is 6.02. The van der Waals surface area contributed by atoms with Crippen molar-refractivity contribution in [2.75, 3.05) is 13.7 Å². The molecule has 0 saturated carbocycles. The Bertz CT molecular complexity index is 1120. The van der Waals surface area contributed by atoms with E-state index in [4.69, 9.17) is 19.3 Å². The number of rotatable bonds is 5. The average molecular weight is 436 g/mol. The van der Waals surface area contributed by atoms with E-state index >= 15 is 0 Å². The number of carbonyl (C=O) groups is 1. The molecule has 7 heteroatoms. The summed E-state index contributed by atoms with van der Waals surface area (Å²) in [6, 6.07) is 9.96. The van der Waals surface area contributed by atoms with Crippen LogP contribution in [-0.2, 0) is 27.7 Å². The van der Waals surface area contributed by atoms with E-state index in [1.807, 2.05) is 52.1 Å². The third-order valence-corrected chi connectivity index (χ3v) is 5.38. The summed E-state index contributed by atoms with van der Waals surface area (Å²) in [6.45, 7) is 6.48. The zero-order valence-electron chi connectivity index (χ0n) is 19.2. The van der Waals surface area contributed by atoms with Crippen molar-refractivity contribution in [1.29, 1.82) is 0 Å². The molecule has 0 spiro atoms. The lowest BCUT2D eigenvalue weighted by molar-refractivity contribution is -0.165. The lowest BCUT2D eigenvalue weighted by atomic mass is 9.94. The Hall–Kier alpha value is -3.19. The molecular formula is C25H29N3O4. The Morgan fingerprint density at radius 1 is 1.16 bits per heavy atom. The number of hydrogen-bond donors (Lipinski definition) is 0. The molecule has 0 radical (unpaired) electrons. The van der Waals surface area contributed by atoms with Crippen molar-refractivity contribution >= 4 is 5.97 Å². The number of pyridine rings is 1. The molecular weight excluding hydrogens is 406 g/mol. The summed E-state index contributed by atoms with van der Waals surface area (Å²) in [6.07, 6.45) is 4.46. The monoisotopic (exact) mass is 435 g/mol. The van der Waals surface area contributed by atoms with Crippen LogP contribution in [0.4, 0.5) is 0 Å². The Labute approximate surface area is 188 Å². The van der Waals surface area contributed by atoms with E-state index in [-0.39, 0.29) is 0 Å². The Balaban J connectivity index is 1.96. The number of methoxy groups -OCH3 is 1. The molecule has 0 saturated heterocycles. The smallest absolute Gasteiger partial charge is 0.341 e. The third kappa shape index (κ3) is 4.39. The Morgan fingerprint density at radius 3 is 2.59 bits per heavy atom. The van der Waals surface area contributed by atoms with Gasteiger partial charge in [0.2, 0.25) is 0 Å². The van der Waals surface area contributed by atoms with Crippen molar-refractivity contribution in [3.05, 3.63) is 54.0 Å². The third-order valence-electron chi connectivity index (χ3n) is 5.38. The Morgan fingerprint density at radius 2 is 1.91 bits per heavy atom. The fourth-order valence-electron chi connectivity index (χ4n) is 4.03. The molecule has 3 aromatic rings. The second-order valence-corrected chi connectivity index (χ2v) is 8.88. The fraction of sp³-hybridized carbons (Fsp3) is 0.400. The van der Waals surface area contributed by atoms with E-state index in [1.54, 1.807) is 17.1 Å². The van der Waals surface area contributed by atoms with Crippen LogP contribution < -0.4 is 4.74 Å². The summed E-state index contributed by atoms with van der Waals surface area (Å²) in [5.41, 5.74) is 4.69. The topological polar surface area (TPSA) is 75.5 Å². The van der Waals surface area contributed by atoms with Crippen LogP contribution in [0.1, 0.15) is 44.6 Å². The quantitative estimate of drug-likeness (QED) is 0.549. The maximum atomic E-state index is 12.9. The van der Waals surface area contributed by atoms with Crippen molar-refractivity contribution in [1.82, 2.24) is 14.8 Å². The molecule has 3 heterocycles. The average Bonchev–Trinajstić information content (AvgIpc) is 3.13. The van der Waals surface area contributed by atoms with Gasteiger partial charge in [0.25, 0.3) is 0 Å². The second-order valence-electron chi connectivity index (χ2n) is 8.88. The molecule has 0 bridgehead atoms. The number of nitrogens with zero attached hydrogens (tertiary/aromatic N) is 3. The molecule has 1 unspecified atom stereocenters. The van der Waals surface area contributed by atoms with Crippen LogP contribution in [0.2, 0.25) is 0 Å². The highest BCUT2D eigenvalue weighted by Gasteiger charge is 2.35. The predicted molar refractivity (Wildman–Crippen MR) is 121 cm³/mol. The zero-order valence-corrected chi connectivity index (χ0v) is 19.2. The SMILES string of the molecule is COC(=O)C(OC(C)(C)C)c1c(-c2ccc3c(c2)CCCO3)c(-c2ccncc2)nn1C. The molecule has 7 nitrogen and oxygen atoms in total. The van der Waals surface area contributed by atoms with Crippen LogP contribution >= 0.6 is 0 Å². The predicted octanol–water partition coefficient (Wildman–Crippen LogP) is 4.50. The van der Waals surface area contributed by atoms with Gasteiger partial charge in [0.05, 0.1) is 25.0 Å². The summed E-state index contributed by atoms with van der Waals surface area (Å²) >= 11 is 0. The summed E-state index contributed by atoms with van der Waals surface area (Å²) < 4.78 is 18.9. The molecule has 168 valence electrons. The van der Waals surface area contributed by atoms with Gasteiger partial charge in [-0.15, -0.1) is 0 Å². The van der Waals surface area contributed by atoms with E-state index in [9.17, 15) is 4.79 Å². The molecule has 0 N–H and O–H groups in total. The lowest BCUT2D eigenvalue weighted by Crippen LogP contribution is -2.29. The number of esters is 1. The minimum absolute atomic E-state index is 0.466. The van der Waals surface area contributed by atoms with E-state index in [0.29, 0.717) is 5.69 Å². The number of benzene rings is 1. The largest absolute Gasteiger partial charge is 0.493 e. The maximum Gasteiger partial charge on any atom is 0.341 e. The van der Waals surface area contributed by atoms with Crippen LogP contribution in [0, 0.1) is 0 Å². The van der Waals surface area contributed by atoms with Crippen molar-refractivity contribution in [2.45, 2.75) is 45.3 Å². The van der Waals surface area contributed by atoms with Gasteiger partial charge in [0.15, 0.2) is 6.10 Å². The molecule has 1 aromatic carbocycles. The molecule has 32 heavy (non-hydrogen) atoms. The van der Waals surface area contributed by atoms with Crippen molar-refractivity contribution in [3.8, 4) is 28.1 Å². The van der Waals surface area contributed by atoms with E-state index in [1.165, 1.54) is 7.11 Å². The highest BCUT2D eigenvalue weighted by molar-refractivity contribution is 5.87. The summed E-state index contributed by atoms with van der Waals surface area (Å²) in [4.78, 5) is 17.0. The number of fused-ring (bicyclic) bond motifs is 1. The van der Waals surface area contributed by atoms with Crippen LogP contribution in [0.5, 0.6) is 5.75 Å². The first-order chi connectivity index (χ1) is 15.3. The van der Waals surface area contributed by atoms with Gasteiger partial charge >= 0.3 is 5.97 Å². The highest BCUT2D eigenvalue weighted by Crippen LogP contribution is 2.41.